The number of amides is 1. The number of aryl methyl sites for hydroxylation is 1. The second-order valence-electron chi connectivity index (χ2n) is 6.51. The average molecular weight is 371 g/mol. The van der Waals surface area contributed by atoms with Gasteiger partial charge in [-0.15, -0.1) is 11.8 Å². The van der Waals surface area contributed by atoms with Crippen LogP contribution < -0.4 is 15.8 Å². The van der Waals surface area contributed by atoms with E-state index in [2.05, 4.69) is 18.3 Å². The molecule has 1 heterocycles. The van der Waals surface area contributed by atoms with Crippen molar-refractivity contribution in [3.05, 3.63) is 59.7 Å². The number of nitrogens with one attached hydrogen (secondary N) is 1. The number of hydrogen-bond donors (Lipinski definition) is 2. The van der Waals surface area contributed by atoms with Crippen molar-refractivity contribution < 1.29 is 9.53 Å². The van der Waals surface area contributed by atoms with E-state index in [9.17, 15) is 4.79 Å². The molecule has 138 valence electrons. The molecule has 3 rings (SSSR count). The van der Waals surface area contributed by atoms with E-state index in [0.717, 1.165) is 47.6 Å². The Balaban J connectivity index is 1.84. The molecule has 3 N–H and O–H groups in total. The number of carbonyl (C=O) groups is 1. The Morgan fingerprint density at radius 3 is 2.77 bits per heavy atom. The highest BCUT2D eigenvalue weighted by atomic mass is 32.2. The molecule has 4 nitrogen and oxygen atoms in total. The first-order valence-electron chi connectivity index (χ1n) is 9.19. The van der Waals surface area contributed by atoms with Crippen LogP contribution >= 0.6 is 11.8 Å². The van der Waals surface area contributed by atoms with Crippen molar-refractivity contribution in [2.24, 2.45) is 5.73 Å². The minimum absolute atomic E-state index is 0.0575. The van der Waals surface area contributed by atoms with Gasteiger partial charge in [0.1, 0.15) is 16.7 Å². The van der Waals surface area contributed by atoms with Crippen molar-refractivity contribution in [1.29, 1.82) is 0 Å². The van der Waals surface area contributed by atoms with Gasteiger partial charge in [0.2, 0.25) is 5.91 Å². The quantitative estimate of drug-likeness (QED) is 0.805. The lowest BCUT2D eigenvalue weighted by atomic mass is 10.0. The Morgan fingerprint density at radius 1 is 1.23 bits per heavy atom. The van der Waals surface area contributed by atoms with E-state index in [1.165, 1.54) is 0 Å². The van der Waals surface area contributed by atoms with E-state index in [0.29, 0.717) is 6.54 Å². The van der Waals surface area contributed by atoms with Crippen LogP contribution in [0.5, 0.6) is 11.5 Å². The molecule has 0 aromatic heterocycles. The summed E-state index contributed by atoms with van der Waals surface area (Å²) in [6, 6.07) is 16.0. The zero-order valence-corrected chi connectivity index (χ0v) is 15.9. The minimum atomic E-state index is -0.187. The van der Waals surface area contributed by atoms with Crippen LogP contribution in [0.25, 0.3) is 0 Å². The van der Waals surface area contributed by atoms with Gasteiger partial charge in [0, 0.05) is 12.6 Å². The zero-order chi connectivity index (χ0) is 18.4. The number of nitrogens with two attached hydrogens (primary N) is 1. The molecule has 0 aliphatic carbocycles. The fraction of sp³-hybridized carbons (Fsp3) is 0.381. The number of hydrogen-bond acceptors (Lipinski definition) is 4. The van der Waals surface area contributed by atoms with E-state index < -0.39 is 0 Å². The van der Waals surface area contributed by atoms with Crippen LogP contribution in [-0.2, 0) is 11.2 Å². The third-order valence-electron chi connectivity index (χ3n) is 4.50. The summed E-state index contributed by atoms with van der Waals surface area (Å²) in [6.07, 6.45) is 2.86. The number of thioether (sulfide) groups is 1. The number of rotatable bonds is 6. The van der Waals surface area contributed by atoms with Crippen LogP contribution in [0.3, 0.4) is 0 Å². The summed E-state index contributed by atoms with van der Waals surface area (Å²) in [5.74, 6) is 2.67. The Kier molecular flexibility index (Phi) is 6.58. The van der Waals surface area contributed by atoms with Crippen molar-refractivity contribution in [1.82, 2.24) is 5.32 Å². The fourth-order valence-corrected chi connectivity index (χ4v) is 4.33. The van der Waals surface area contributed by atoms with Crippen LogP contribution in [0.4, 0.5) is 0 Å². The van der Waals surface area contributed by atoms with Gasteiger partial charge in [-0.1, -0.05) is 43.7 Å². The summed E-state index contributed by atoms with van der Waals surface area (Å²) in [5, 5.41) is 2.88. The van der Waals surface area contributed by atoms with Crippen LogP contribution in [-0.4, -0.2) is 24.2 Å². The molecular formula is C21H26N2O2S. The van der Waals surface area contributed by atoms with Crippen molar-refractivity contribution in [2.45, 2.75) is 37.5 Å². The van der Waals surface area contributed by atoms with Crippen molar-refractivity contribution in [3.8, 4) is 11.5 Å². The second kappa shape index (κ2) is 9.10. The predicted octanol–water partition coefficient (Wildman–Crippen LogP) is 4.05. The van der Waals surface area contributed by atoms with Crippen molar-refractivity contribution in [2.75, 3.05) is 12.3 Å². The first kappa shape index (κ1) is 18.8. The first-order chi connectivity index (χ1) is 12.7. The summed E-state index contributed by atoms with van der Waals surface area (Å²) in [4.78, 5) is 12.6. The first-order valence-corrected chi connectivity index (χ1v) is 10.2. The normalized spacial score (nSPS) is 20.3. The second-order valence-corrected chi connectivity index (χ2v) is 7.73. The molecule has 0 spiro atoms. The maximum absolute atomic E-state index is 12.6. The van der Waals surface area contributed by atoms with Crippen molar-refractivity contribution in [3.63, 3.8) is 0 Å². The van der Waals surface area contributed by atoms with Crippen LogP contribution in [0, 0.1) is 0 Å². The van der Waals surface area contributed by atoms with Gasteiger partial charge >= 0.3 is 0 Å². The highest BCUT2D eigenvalue weighted by Gasteiger charge is 2.27. The minimum Gasteiger partial charge on any atom is -0.457 e. The topological polar surface area (TPSA) is 64.3 Å². The molecular weight excluding hydrogens is 344 g/mol. The Bertz CT molecular complexity index is 736. The van der Waals surface area contributed by atoms with Gasteiger partial charge < -0.3 is 15.8 Å². The fourth-order valence-electron chi connectivity index (χ4n) is 3.12. The molecule has 2 atom stereocenters. The van der Waals surface area contributed by atoms with Gasteiger partial charge in [0.05, 0.1) is 0 Å². The van der Waals surface area contributed by atoms with E-state index >= 15 is 0 Å². The SMILES string of the molecule is CCCc1cc([C@H]2SCC[C@@H](CN)NC2=O)ccc1Oc1ccccc1. The van der Waals surface area contributed by atoms with E-state index in [-0.39, 0.29) is 17.2 Å². The number of benzene rings is 2. The molecule has 5 heteroatoms. The lowest BCUT2D eigenvalue weighted by Crippen LogP contribution is -2.40. The van der Waals surface area contributed by atoms with E-state index in [4.69, 9.17) is 10.5 Å². The lowest BCUT2D eigenvalue weighted by molar-refractivity contribution is -0.121. The van der Waals surface area contributed by atoms with E-state index in [1.54, 1.807) is 11.8 Å². The molecule has 1 aliphatic heterocycles. The molecule has 2 aromatic carbocycles. The van der Waals surface area contributed by atoms with Crippen LogP contribution in [0.1, 0.15) is 36.1 Å². The Morgan fingerprint density at radius 2 is 2.04 bits per heavy atom. The Labute approximate surface area is 159 Å². The summed E-state index contributed by atoms with van der Waals surface area (Å²) in [5.41, 5.74) is 7.91. The predicted molar refractivity (Wildman–Crippen MR) is 108 cm³/mol. The summed E-state index contributed by atoms with van der Waals surface area (Å²) in [7, 11) is 0. The zero-order valence-electron chi connectivity index (χ0n) is 15.1. The van der Waals surface area contributed by atoms with Gasteiger partial charge in [-0.25, -0.2) is 0 Å². The largest absolute Gasteiger partial charge is 0.457 e. The van der Waals surface area contributed by atoms with Crippen LogP contribution in [0.2, 0.25) is 0 Å². The molecule has 0 radical (unpaired) electrons. The highest BCUT2D eigenvalue weighted by Crippen LogP contribution is 2.36. The van der Waals surface area contributed by atoms with Gasteiger partial charge in [0.25, 0.3) is 0 Å². The average Bonchev–Trinajstić information content (AvgIpc) is 2.85. The smallest absolute Gasteiger partial charge is 0.237 e. The van der Waals surface area contributed by atoms with Gasteiger partial charge in [-0.3, -0.25) is 4.79 Å². The maximum atomic E-state index is 12.6. The van der Waals surface area contributed by atoms with Crippen LogP contribution in [0.15, 0.2) is 48.5 Å². The number of carbonyl (C=O) groups excluding carboxylic acids is 1. The highest BCUT2D eigenvalue weighted by molar-refractivity contribution is 8.00. The molecule has 0 unspecified atom stereocenters. The maximum Gasteiger partial charge on any atom is 0.237 e. The molecule has 1 amide bonds. The van der Waals surface area contributed by atoms with Gasteiger partial charge in [0.15, 0.2) is 0 Å². The molecule has 26 heavy (non-hydrogen) atoms. The van der Waals surface area contributed by atoms with Gasteiger partial charge in [-0.05, 0) is 47.9 Å². The third-order valence-corrected chi connectivity index (χ3v) is 5.79. The third kappa shape index (κ3) is 4.59. The standard InChI is InChI=1S/C21H26N2O2S/c1-2-6-15-13-16(20-21(24)23-17(14-22)11-12-26-20)9-10-19(15)25-18-7-4-3-5-8-18/h3-5,7-10,13,17,20H,2,6,11-12,14,22H2,1H3,(H,23,24)/t17-,20+/m0/s1. The lowest BCUT2D eigenvalue weighted by Gasteiger charge is -2.18. The molecule has 0 bridgehead atoms. The molecule has 0 saturated carbocycles. The monoisotopic (exact) mass is 370 g/mol. The molecule has 2 aromatic rings. The van der Waals surface area contributed by atoms with Gasteiger partial charge in [-0.2, -0.15) is 0 Å². The molecule has 1 fully saturated rings. The molecule has 1 aliphatic rings. The number of ether oxygens (including phenoxy) is 1. The summed E-state index contributed by atoms with van der Waals surface area (Å²) < 4.78 is 6.07. The molecule has 1 saturated heterocycles. The number of para-hydroxylation sites is 1. The summed E-state index contributed by atoms with van der Waals surface area (Å²) in [6.45, 7) is 2.64. The van der Waals surface area contributed by atoms with Crippen molar-refractivity contribution >= 4 is 17.7 Å². The Hall–Kier alpha value is -1.98. The van der Waals surface area contributed by atoms with E-state index in [1.807, 2.05) is 42.5 Å². The summed E-state index contributed by atoms with van der Waals surface area (Å²) >= 11 is 1.69.